The number of carbonyl (C=O) groups excluding carboxylic acids is 1. The Bertz CT molecular complexity index is 1930. The lowest BCUT2D eigenvalue weighted by Gasteiger charge is -2.37. The third kappa shape index (κ3) is 6.23. The van der Waals surface area contributed by atoms with E-state index in [0.29, 0.717) is 5.71 Å². The molecule has 46 heavy (non-hydrogen) atoms. The molecule has 0 aromatic heterocycles. The van der Waals surface area contributed by atoms with E-state index in [1.165, 1.54) is 37.4 Å². The van der Waals surface area contributed by atoms with Crippen LogP contribution in [0.25, 0.3) is 0 Å². The zero-order chi connectivity index (χ0) is 32.4. The Morgan fingerprint density at radius 3 is 2.57 bits per heavy atom. The summed E-state index contributed by atoms with van der Waals surface area (Å²) in [5.41, 5.74) is 7.14. The molecule has 0 unspecified atom stereocenters. The van der Waals surface area contributed by atoms with Gasteiger partial charge in [-0.05, 0) is 90.6 Å². The fraction of sp³-hybridized carbons (Fsp3) is 0.200. The molecule has 6 rings (SSSR count). The second-order valence-corrected chi connectivity index (χ2v) is 13.5. The Hall–Kier alpha value is -4.67. The molecule has 1 aliphatic heterocycles. The average Bonchev–Trinajstić information content (AvgIpc) is 3.57. The third-order valence-corrected chi connectivity index (χ3v) is 10.4. The molecule has 11 heteroatoms. The number of sulfonamides is 1. The van der Waals surface area contributed by atoms with Gasteiger partial charge in [0.2, 0.25) is 0 Å². The highest BCUT2D eigenvalue weighted by atomic mass is 35.5. The van der Waals surface area contributed by atoms with Crippen molar-refractivity contribution in [1.29, 1.82) is 0 Å². The highest BCUT2D eigenvalue weighted by Crippen LogP contribution is 2.50. The van der Waals surface area contributed by atoms with Gasteiger partial charge in [0, 0.05) is 16.6 Å². The number of nitrogens with one attached hydrogen (secondary N) is 2. The fourth-order valence-electron chi connectivity index (χ4n) is 6.07. The molecule has 2 aliphatic rings. The average molecular weight is 659 g/mol. The summed E-state index contributed by atoms with van der Waals surface area (Å²) in [5, 5.41) is 8.25. The molecule has 1 aliphatic carbocycles. The van der Waals surface area contributed by atoms with E-state index in [2.05, 4.69) is 34.1 Å². The maximum Gasteiger partial charge on any atom is 0.264 e. The molecule has 8 nitrogen and oxygen atoms in total. The fourth-order valence-corrected chi connectivity index (χ4v) is 7.68. The van der Waals surface area contributed by atoms with Crippen LogP contribution in [0.2, 0.25) is 5.02 Å². The molecular formula is C35H32ClFN4O4S. The molecule has 4 aromatic carbocycles. The minimum atomic E-state index is -4.18. The summed E-state index contributed by atoms with van der Waals surface area (Å²) in [7, 11) is -2.77. The Labute approximate surface area is 272 Å². The van der Waals surface area contributed by atoms with E-state index < -0.39 is 22.5 Å². The standard InChI is InChI=1S/C35H32ClFN4O4S/c1-22(24-13-17-31-30(19-24)28-9-6-10-29(28)35(38-31)23-11-15-26(37)16-12-23)39-40-34(42)21-41(32-20-25(36)14-18-33(32)45-2)46(43,44)27-7-4-3-5-8-27/h3-9,11-20,28-29,35,38H,10,21H2,1-2H3,(H,40,42)/b39-22+/t28-,29+,35+/m1/s1. The summed E-state index contributed by atoms with van der Waals surface area (Å²) in [6, 6.07) is 25.0. The minimum Gasteiger partial charge on any atom is -0.495 e. The first-order valence-electron chi connectivity index (χ1n) is 14.7. The van der Waals surface area contributed by atoms with Crippen molar-refractivity contribution in [2.75, 3.05) is 23.3 Å². The van der Waals surface area contributed by atoms with Gasteiger partial charge in [-0.2, -0.15) is 5.10 Å². The van der Waals surface area contributed by atoms with E-state index in [-0.39, 0.29) is 45.0 Å². The molecule has 0 saturated heterocycles. The van der Waals surface area contributed by atoms with E-state index in [4.69, 9.17) is 16.3 Å². The predicted molar refractivity (Wildman–Crippen MR) is 179 cm³/mol. The van der Waals surface area contributed by atoms with Gasteiger partial charge in [-0.1, -0.05) is 60.2 Å². The van der Waals surface area contributed by atoms with Crippen LogP contribution in [0.4, 0.5) is 15.8 Å². The lowest BCUT2D eigenvalue weighted by Crippen LogP contribution is -2.40. The summed E-state index contributed by atoms with van der Waals surface area (Å²) in [6.45, 7) is 1.21. The third-order valence-electron chi connectivity index (χ3n) is 8.39. The number of amides is 1. The number of carbonyl (C=O) groups is 1. The van der Waals surface area contributed by atoms with Gasteiger partial charge < -0.3 is 10.1 Å². The quantitative estimate of drug-likeness (QED) is 0.114. The summed E-state index contributed by atoms with van der Waals surface area (Å²) < 4.78 is 47.5. The summed E-state index contributed by atoms with van der Waals surface area (Å²) in [4.78, 5) is 13.3. The highest BCUT2D eigenvalue weighted by molar-refractivity contribution is 7.92. The molecule has 2 N–H and O–H groups in total. The van der Waals surface area contributed by atoms with E-state index >= 15 is 0 Å². The van der Waals surface area contributed by atoms with Gasteiger partial charge in [0.05, 0.1) is 29.4 Å². The van der Waals surface area contributed by atoms with Crippen molar-refractivity contribution in [3.05, 3.63) is 131 Å². The largest absolute Gasteiger partial charge is 0.495 e. The number of allylic oxidation sites excluding steroid dienone is 2. The van der Waals surface area contributed by atoms with Crippen LogP contribution in [0, 0.1) is 11.7 Å². The first-order valence-corrected chi connectivity index (χ1v) is 16.5. The van der Waals surface area contributed by atoms with Gasteiger partial charge in [0.25, 0.3) is 15.9 Å². The number of methoxy groups -OCH3 is 1. The SMILES string of the molecule is COc1ccc(Cl)cc1N(CC(=O)N/N=C(\C)c1ccc2c(c1)[C@@H]1C=CC[C@@H]1[C@H](c1ccc(F)cc1)N2)S(=O)(=O)c1ccccc1. The summed E-state index contributed by atoms with van der Waals surface area (Å²) >= 11 is 6.23. The predicted octanol–water partition coefficient (Wildman–Crippen LogP) is 7.05. The number of anilines is 2. The second kappa shape index (κ2) is 13.0. The number of hydrogen-bond donors (Lipinski definition) is 2. The van der Waals surface area contributed by atoms with Crippen molar-refractivity contribution in [3.8, 4) is 5.75 Å². The lowest BCUT2D eigenvalue weighted by molar-refractivity contribution is -0.119. The molecule has 0 spiro atoms. The molecular weight excluding hydrogens is 627 g/mol. The zero-order valence-corrected chi connectivity index (χ0v) is 26.7. The van der Waals surface area contributed by atoms with Crippen molar-refractivity contribution >= 4 is 44.6 Å². The van der Waals surface area contributed by atoms with E-state index in [1.54, 1.807) is 37.3 Å². The van der Waals surface area contributed by atoms with Gasteiger partial charge >= 0.3 is 0 Å². The number of nitrogens with zero attached hydrogens (tertiary/aromatic N) is 2. The number of benzene rings is 4. The van der Waals surface area contributed by atoms with Gasteiger partial charge in [-0.25, -0.2) is 18.2 Å². The molecule has 0 fully saturated rings. The van der Waals surface area contributed by atoms with Crippen molar-refractivity contribution in [1.82, 2.24) is 5.43 Å². The lowest BCUT2D eigenvalue weighted by atomic mass is 9.76. The van der Waals surface area contributed by atoms with Crippen LogP contribution in [-0.2, 0) is 14.8 Å². The number of halogens is 2. The molecule has 1 amide bonds. The van der Waals surface area contributed by atoms with Crippen LogP contribution in [0.1, 0.15) is 42.0 Å². The molecule has 0 radical (unpaired) electrons. The van der Waals surface area contributed by atoms with E-state index in [9.17, 15) is 17.6 Å². The monoisotopic (exact) mass is 658 g/mol. The minimum absolute atomic E-state index is 0.00751. The smallest absolute Gasteiger partial charge is 0.264 e. The Morgan fingerprint density at radius 1 is 1.07 bits per heavy atom. The van der Waals surface area contributed by atoms with Crippen LogP contribution >= 0.6 is 11.6 Å². The van der Waals surface area contributed by atoms with Crippen LogP contribution in [0.3, 0.4) is 0 Å². The number of hydrogen-bond acceptors (Lipinski definition) is 6. The maximum atomic E-state index is 13.7. The van der Waals surface area contributed by atoms with E-state index in [0.717, 1.165) is 33.1 Å². The Kier molecular flexibility index (Phi) is 8.84. The number of ether oxygens (including phenoxy) is 1. The maximum absolute atomic E-state index is 13.7. The van der Waals surface area contributed by atoms with E-state index in [1.807, 2.05) is 24.3 Å². The topological polar surface area (TPSA) is 100 Å². The zero-order valence-electron chi connectivity index (χ0n) is 25.2. The molecule has 236 valence electrons. The second-order valence-electron chi connectivity index (χ2n) is 11.2. The number of fused-ring (bicyclic) bond motifs is 3. The normalized spacial score (nSPS) is 18.7. The molecule has 4 aromatic rings. The van der Waals surface area contributed by atoms with Gasteiger partial charge in [0.15, 0.2) is 0 Å². The Balaban J connectivity index is 1.24. The molecule has 1 heterocycles. The highest BCUT2D eigenvalue weighted by Gasteiger charge is 2.38. The Morgan fingerprint density at radius 2 is 1.83 bits per heavy atom. The van der Waals surface area contributed by atoms with Crippen molar-refractivity contribution < 1.29 is 22.3 Å². The molecule has 0 bridgehead atoms. The van der Waals surface area contributed by atoms with Gasteiger partial charge in [-0.15, -0.1) is 0 Å². The van der Waals surface area contributed by atoms with Gasteiger partial charge in [0.1, 0.15) is 18.1 Å². The van der Waals surface area contributed by atoms with Gasteiger partial charge in [-0.3, -0.25) is 9.10 Å². The number of hydrazone groups is 1. The first kappa shape index (κ1) is 31.3. The van der Waals surface area contributed by atoms with Crippen molar-refractivity contribution in [2.45, 2.75) is 30.2 Å². The van der Waals surface area contributed by atoms with Crippen LogP contribution in [-0.4, -0.2) is 33.7 Å². The molecule has 3 atom stereocenters. The summed E-state index contributed by atoms with van der Waals surface area (Å²) in [5.74, 6) is -0.243. The summed E-state index contributed by atoms with van der Waals surface area (Å²) in [6.07, 6.45) is 5.29. The number of rotatable bonds is 9. The van der Waals surface area contributed by atoms with Crippen LogP contribution in [0.15, 0.2) is 113 Å². The van der Waals surface area contributed by atoms with Crippen molar-refractivity contribution in [2.24, 2.45) is 11.0 Å². The van der Waals surface area contributed by atoms with Crippen molar-refractivity contribution in [3.63, 3.8) is 0 Å². The van der Waals surface area contributed by atoms with Crippen LogP contribution in [0.5, 0.6) is 5.75 Å². The van der Waals surface area contributed by atoms with Crippen LogP contribution < -0.4 is 19.8 Å². The molecule has 0 saturated carbocycles. The first-order chi connectivity index (χ1) is 22.2.